The van der Waals surface area contributed by atoms with Gasteiger partial charge in [0.25, 0.3) is 0 Å². The topological polar surface area (TPSA) is 15.3 Å². The highest BCUT2D eigenvalue weighted by Gasteiger charge is 2.16. The van der Waals surface area contributed by atoms with Crippen LogP contribution in [0.1, 0.15) is 45.7 Å². The summed E-state index contributed by atoms with van der Waals surface area (Å²) in [5.74, 6) is 0. The second kappa shape index (κ2) is 8.02. The fraction of sp³-hybridized carbons (Fsp3) is 0.647. The summed E-state index contributed by atoms with van der Waals surface area (Å²) in [7, 11) is 2.20. The van der Waals surface area contributed by atoms with E-state index in [-0.39, 0.29) is 0 Å². The van der Waals surface area contributed by atoms with Gasteiger partial charge in [-0.25, -0.2) is 0 Å². The van der Waals surface area contributed by atoms with E-state index < -0.39 is 0 Å². The number of hydrogen-bond acceptors (Lipinski definition) is 2. The molecule has 0 heterocycles. The summed E-state index contributed by atoms with van der Waals surface area (Å²) >= 11 is 6.10. The fourth-order valence-corrected chi connectivity index (χ4v) is 2.79. The minimum Gasteiger partial charge on any atom is -0.310 e. The Balaban J connectivity index is 2.60. The number of hydrogen-bond donors (Lipinski definition) is 1. The van der Waals surface area contributed by atoms with Crippen molar-refractivity contribution in [3.05, 3.63) is 34.9 Å². The molecule has 0 saturated carbocycles. The third-order valence-corrected chi connectivity index (χ3v) is 3.48. The minimum absolute atomic E-state index is 0.346. The normalized spacial score (nSPS) is 13.8. The maximum Gasteiger partial charge on any atom is 0.0409 e. The lowest BCUT2D eigenvalue weighted by molar-refractivity contribution is 0.218. The van der Waals surface area contributed by atoms with Gasteiger partial charge in [-0.1, -0.05) is 51.4 Å². The summed E-state index contributed by atoms with van der Waals surface area (Å²) in [5, 5.41) is 4.37. The molecule has 0 radical (unpaired) electrons. The van der Waals surface area contributed by atoms with Crippen molar-refractivity contribution in [2.45, 2.75) is 40.2 Å². The zero-order chi connectivity index (χ0) is 15.2. The average Bonchev–Trinajstić information content (AvgIpc) is 2.32. The molecule has 114 valence electrons. The summed E-state index contributed by atoms with van der Waals surface area (Å²) in [6.07, 6.45) is 1.10. The summed E-state index contributed by atoms with van der Waals surface area (Å²) in [4.78, 5) is 2.41. The standard InChI is InChI=1S/C17H29ClN2/c1-6-19-16(14-8-7-9-15(18)12-14)10-11-20(5)13-17(2,3)4/h7-9,12,16,19H,6,10-11,13H2,1-5H3. The first-order valence-corrected chi connectivity index (χ1v) is 7.87. The Morgan fingerprint density at radius 2 is 2.00 bits per heavy atom. The Morgan fingerprint density at radius 3 is 2.55 bits per heavy atom. The van der Waals surface area contributed by atoms with Crippen molar-refractivity contribution in [1.29, 1.82) is 0 Å². The maximum absolute atomic E-state index is 6.10. The van der Waals surface area contributed by atoms with Gasteiger partial charge in [-0.05, 0) is 49.7 Å². The molecule has 0 amide bonds. The van der Waals surface area contributed by atoms with Crippen molar-refractivity contribution in [2.24, 2.45) is 5.41 Å². The van der Waals surface area contributed by atoms with Crippen molar-refractivity contribution < 1.29 is 0 Å². The van der Waals surface area contributed by atoms with E-state index in [1.807, 2.05) is 12.1 Å². The lowest BCUT2D eigenvalue weighted by Gasteiger charge is -2.28. The summed E-state index contributed by atoms with van der Waals surface area (Å²) in [5.41, 5.74) is 1.63. The third kappa shape index (κ3) is 6.74. The molecule has 0 spiro atoms. The molecule has 0 aliphatic rings. The monoisotopic (exact) mass is 296 g/mol. The number of rotatable bonds is 7. The Kier molecular flexibility index (Phi) is 7.01. The third-order valence-electron chi connectivity index (χ3n) is 3.25. The molecule has 0 saturated heterocycles. The second-order valence-corrected chi connectivity index (χ2v) is 7.19. The first-order valence-electron chi connectivity index (χ1n) is 7.49. The summed E-state index contributed by atoms with van der Waals surface area (Å²) in [6, 6.07) is 8.56. The highest BCUT2D eigenvalue weighted by molar-refractivity contribution is 6.30. The van der Waals surface area contributed by atoms with Crippen LogP contribution in [0.4, 0.5) is 0 Å². The van der Waals surface area contributed by atoms with Gasteiger partial charge in [0.1, 0.15) is 0 Å². The van der Waals surface area contributed by atoms with Crippen molar-refractivity contribution in [2.75, 3.05) is 26.7 Å². The van der Waals surface area contributed by atoms with Crippen LogP contribution in [0.3, 0.4) is 0 Å². The molecule has 1 aromatic rings. The first-order chi connectivity index (χ1) is 9.31. The highest BCUT2D eigenvalue weighted by atomic mass is 35.5. The van der Waals surface area contributed by atoms with Crippen LogP contribution in [0.25, 0.3) is 0 Å². The van der Waals surface area contributed by atoms with Crippen molar-refractivity contribution in [3.63, 3.8) is 0 Å². The SMILES string of the molecule is CCNC(CCN(C)CC(C)(C)C)c1cccc(Cl)c1. The Bertz CT molecular complexity index is 398. The van der Waals surface area contributed by atoms with Crippen LogP contribution in [0, 0.1) is 5.41 Å². The molecule has 1 N–H and O–H groups in total. The van der Waals surface area contributed by atoms with Crippen LogP contribution in [-0.2, 0) is 0 Å². The van der Waals surface area contributed by atoms with Crippen molar-refractivity contribution in [3.8, 4) is 0 Å². The smallest absolute Gasteiger partial charge is 0.0409 e. The Labute approximate surface area is 129 Å². The average molecular weight is 297 g/mol. The van der Waals surface area contributed by atoms with Gasteiger partial charge in [-0.3, -0.25) is 0 Å². The minimum atomic E-state index is 0.346. The molecule has 0 fully saturated rings. The number of halogens is 1. The molecule has 0 aliphatic heterocycles. The second-order valence-electron chi connectivity index (χ2n) is 6.75. The molecular formula is C17H29ClN2. The van der Waals surface area contributed by atoms with E-state index in [4.69, 9.17) is 11.6 Å². The zero-order valence-corrected chi connectivity index (χ0v) is 14.3. The lowest BCUT2D eigenvalue weighted by atomic mass is 9.96. The van der Waals surface area contributed by atoms with Crippen molar-refractivity contribution in [1.82, 2.24) is 10.2 Å². The van der Waals surface area contributed by atoms with Crippen molar-refractivity contribution >= 4 is 11.6 Å². The van der Waals surface area contributed by atoms with Gasteiger partial charge in [-0.2, -0.15) is 0 Å². The van der Waals surface area contributed by atoms with Gasteiger partial charge >= 0.3 is 0 Å². The van der Waals surface area contributed by atoms with E-state index in [9.17, 15) is 0 Å². The van der Waals surface area contributed by atoms with Crippen LogP contribution in [0.2, 0.25) is 5.02 Å². The van der Waals surface area contributed by atoms with E-state index >= 15 is 0 Å². The maximum atomic E-state index is 6.10. The molecule has 1 atom stereocenters. The van der Waals surface area contributed by atoms with E-state index in [1.54, 1.807) is 0 Å². The van der Waals surface area contributed by atoms with Crippen LogP contribution in [-0.4, -0.2) is 31.6 Å². The molecule has 1 aromatic carbocycles. The Hall–Kier alpha value is -0.570. The zero-order valence-electron chi connectivity index (χ0n) is 13.5. The van der Waals surface area contributed by atoms with Crippen LogP contribution in [0.5, 0.6) is 0 Å². The fourth-order valence-electron chi connectivity index (χ4n) is 2.59. The Morgan fingerprint density at radius 1 is 1.30 bits per heavy atom. The number of nitrogens with one attached hydrogen (secondary N) is 1. The first kappa shape index (κ1) is 17.5. The van der Waals surface area contributed by atoms with Gasteiger partial charge in [0.2, 0.25) is 0 Å². The molecule has 1 unspecified atom stereocenters. The summed E-state index contributed by atoms with van der Waals surface area (Å²) in [6.45, 7) is 12.2. The predicted octanol–water partition coefficient (Wildman–Crippen LogP) is 4.36. The van der Waals surface area contributed by atoms with Crippen LogP contribution < -0.4 is 5.32 Å². The van der Waals surface area contributed by atoms with E-state index in [0.717, 1.165) is 31.1 Å². The molecule has 0 aromatic heterocycles. The number of benzene rings is 1. The quantitative estimate of drug-likeness (QED) is 0.804. The van der Waals surface area contributed by atoms with Gasteiger partial charge in [0, 0.05) is 17.6 Å². The molecule has 2 nitrogen and oxygen atoms in total. The van der Waals surface area contributed by atoms with Crippen LogP contribution in [0.15, 0.2) is 24.3 Å². The molecule has 1 rings (SSSR count). The van der Waals surface area contributed by atoms with Gasteiger partial charge in [0.15, 0.2) is 0 Å². The molecule has 0 bridgehead atoms. The highest BCUT2D eigenvalue weighted by Crippen LogP contribution is 2.21. The van der Waals surface area contributed by atoms with Gasteiger partial charge in [0.05, 0.1) is 0 Å². The molecule has 0 aliphatic carbocycles. The predicted molar refractivity (Wildman–Crippen MR) is 89.4 cm³/mol. The van der Waals surface area contributed by atoms with Gasteiger partial charge in [-0.15, -0.1) is 0 Å². The number of nitrogens with zero attached hydrogens (tertiary/aromatic N) is 1. The summed E-state index contributed by atoms with van der Waals surface area (Å²) < 4.78 is 0. The molecule has 3 heteroatoms. The molecular weight excluding hydrogens is 268 g/mol. The largest absolute Gasteiger partial charge is 0.310 e. The van der Waals surface area contributed by atoms with E-state index in [0.29, 0.717) is 11.5 Å². The van der Waals surface area contributed by atoms with E-state index in [1.165, 1.54) is 5.56 Å². The van der Waals surface area contributed by atoms with E-state index in [2.05, 4.69) is 57.1 Å². The molecule has 20 heavy (non-hydrogen) atoms. The van der Waals surface area contributed by atoms with Gasteiger partial charge < -0.3 is 10.2 Å². The lowest BCUT2D eigenvalue weighted by Crippen LogP contribution is -2.32. The van der Waals surface area contributed by atoms with Crippen LogP contribution >= 0.6 is 11.6 Å².